The van der Waals surface area contributed by atoms with Crippen molar-refractivity contribution in [1.29, 1.82) is 0 Å². The van der Waals surface area contributed by atoms with Crippen LogP contribution in [-0.4, -0.2) is 27.4 Å². The van der Waals surface area contributed by atoms with Gasteiger partial charge in [-0.05, 0) is 35.9 Å². The van der Waals surface area contributed by atoms with E-state index in [1.807, 2.05) is 6.07 Å². The molecule has 1 amide bonds. The molecule has 152 valence electrons. The Morgan fingerprint density at radius 1 is 1.17 bits per heavy atom. The molecule has 1 aliphatic heterocycles. The van der Waals surface area contributed by atoms with Gasteiger partial charge in [-0.2, -0.15) is 4.98 Å². The second-order valence-corrected chi connectivity index (χ2v) is 6.89. The summed E-state index contributed by atoms with van der Waals surface area (Å²) in [6.45, 7) is 0.375. The average molecular weight is 429 g/mol. The predicted molar refractivity (Wildman–Crippen MR) is 103 cm³/mol. The van der Waals surface area contributed by atoms with Crippen molar-refractivity contribution in [3.63, 3.8) is 0 Å². The summed E-state index contributed by atoms with van der Waals surface area (Å²) < 4.78 is 22.1. The lowest BCUT2D eigenvalue weighted by Gasteiger charge is -2.03. The van der Waals surface area contributed by atoms with Crippen LogP contribution in [-0.2, 0) is 13.1 Å². The third-order valence-corrected chi connectivity index (χ3v) is 4.72. The van der Waals surface area contributed by atoms with E-state index in [0.717, 1.165) is 5.56 Å². The van der Waals surface area contributed by atoms with Crippen molar-refractivity contribution in [2.45, 2.75) is 13.1 Å². The van der Waals surface area contributed by atoms with E-state index in [0.29, 0.717) is 27.6 Å². The Kier molecular flexibility index (Phi) is 4.40. The van der Waals surface area contributed by atoms with Gasteiger partial charge in [0.15, 0.2) is 22.9 Å². The molecule has 0 fully saturated rings. The van der Waals surface area contributed by atoms with Crippen LogP contribution in [0.4, 0.5) is 0 Å². The minimum Gasteiger partial charge on any atom is -0.454 e. The lowest BCUT2D eigenvalue weighted by molar-refractivity contribution is 0.0907. The Morgan fingerprint density at radius 2 is 2.03 bits per heavy atom. The average Bonchev–Trinajstić information content (AvgIpc) is 3.46. The van der Waals surface area contributed by atoms with E-state index in [9.17, 15) is 9.59 Å². The fourth-order valence-corrected chi connectivity index (χ4v) is 3.21. The molecule has 0 saturated heterocycles. The molecule has 4 aromatic rings. The second kappa shape index (κ2) is 7.23. The van der Waals surface area contributed by atoms with Gasteiger partial charge in [0, 0.05) is 11.6 Å². The Bertz CT molecular complexity index is 1320. The number of halogens is 1. The highest BCUT2D eigenvalue weighted by atomic mass is 35.5. The molecule has 0 atom stereocenters. The molecular weight excluding hydrogens is 416 g/mol. The maximum absolute atomic E-state index is 12.3. The van der Waals surface area contributed by atoms with Crippen LogP contribution < -0.4 is 20.5 Å². The van der Waals surface area contributed by atoms with Crippen molar-refractivity contribution >= 4 is 28.6 Å². The number of benzene rings is 2. The first-order valence-corrected chi connectivity index (χ1v) is 9.23. The van der Waals surface area contributed by atoms with E-state index >= 15 is 0 Å². The Morgan fingerprint density at radius 3 is 2.93 bits per heavy atom. The van der Waals surface area contributed by atoms with Crippen LogP contribution in [0.5, 0.6) is 11.5 Å². The summed E-state index contributed by atoms with van der Waals surface area (Å²) in [6, 6.07) is 10.2. The van der Waals surface area contributed by atoms with Gasteiger partial charge in [0.2, 0.25) is 6.79 Å². The zero-order chi connectivity index (χ0) is 20.7. The van der Waals surface area contributed by atoms with Crippen molar-refractivity contribution in [2.75, 3.05) is 6.79 Å². The number of aromatic nitrogens is 3. The van der Waals surface area contributed by atoms with E-state index in [1.54, 1.807) is 30.3 Å². The van der Waals surface area contributed by atoms with Crippen LogP contribution in [0, 0.1) is 0 Å². The molecule has 0 radical (unpaired) electrons. The number of nitrogens with zero attached hydrogens (tertiary/aromatic N) is 3. The molecule has 1 N–H and O–H groups in total. The largest absolute Gasteiger partial charge is 0.454 e. The van der Waals surface area contributed by atoms with E-state index in [4.69, 9.17) is 30.0 Å². The first-order valence-electron chi connectivity index (χ1n) is 8.85. The first-order chi connectivity index (χ1) is 14.6. The molecule has 11 heteroatoms. The van der Waals surface area contributed by atoms with E-state index in [2.05, 4.69) is 15.5 Å². The lowest BCUT2D eigenvalue weighted by Crippen LogP contribution is -2.23. The quantitative estimate of drug-likeness (QED) is 0.514. The monoisotopic (exact) mass is 428 g/mol. The third-order valence-electron chi connectivity index (χ3n) is 4.48. The van der Waals surface area contributed by atoms with E-state index in [-0.39, 0.29) is 31.6 Å². The number of oxazole rings is 1. The topological polar surface area (TPSA) is 122 Å². The molecule has 30 heavy (non-hydrogen) atoms. The second-order valence-electron chi connectivity index (χ2n) is 6.45. The first kappa shape index (κ1) is 18.3. The molecule has 0 saturated carbocycles. The van der Waals surface area contributed by atoms with Crippen LogP contribution in [0.2, 0.25) is 5.02 Å². The number of carbonyl (C=O) groups excluding carboxylic acids is 1. The van der Waals surface area contributed by atoms with Crippen LogP contribution in [0.15, 0.2) is 50.1 Å². The molecular formula is C19H13ClN4O6. The normalized spacial score (nSPS) is 12.4. The lowest BCUT2D eigenvalue weighted by atomic mass is 10.2. The minimum absolute atomic E-state index is 0.0366. The van der Waals surface area contributed by atoms with Crippen molar-refractivity contribution in [1.82, 2.24) is 20.0 Å². The van der Waals surface area contributed by atoms with Gasteiger partial charge in [-0.3, -0.25) is 9.36 Å². The summed E-state index contributed by atoms with van der Waals surface area (Å²) in [5, 5.41) is 6.91. The smallest absolute Gasteiger partial charge is 0.420 e. The molecule has 5 rings (SSSR count). The molecule has 0 aliphatic carbocycles. The summed E-state index contributed by atoms with van der Waals surface area (Å²) in [7, 11) is 0. The van der Waals surface area contributed by atoms with Gasteiger partial charge in [0.1, 0.15) is 0 Å². The van der Waals surface area contributed by atoms with E-state index in [1.165, 1.54) is 4.57 Å². The number of hydrogen-bond donors (Lipinski definition) is 1. The number of ether oxygens (including phenoxy) is 2. The molecule has 0 bridgehead atoms. The van der Waals surface area contributed by atoms with Gasteiger partial charge in [-0.25, -0.2) is 4.79 Å². The van der Waals surface area contributed by atoms with Gasteiger partial charge in [-0.1, -0.05) is 22.8 Å². The zero-order valence-corrected chi connectivity index (χ0v) is 16.0. The van der Waals surface area contributed by atoms with Crippen molar-refractivity contribution in [3.05, 3.63) is 69.3 Å². The van der Waals surface area contributed by atoms with Crippen molar-refractivity contribution in [2.24, 2.45) is 0 Å². The number of rotatable bonds is 5. The van der Waals surface area contributed by atoms with Crippen LogP contribution in [0.1, 0.15) is 22.1 Å². The van der Waals surface area contributed by atoms with Crippen LogP contribution in [0.25, 0.3) is 11.1 Å². The van der Waals surface area contributed by atoms with Gasteiger partial charge in [0.25, 0.3) is 0 Å². The van der Waals surface area contributed by atoms with Crippen molar-refractivity contribution < 1.29 is 23.2 Å². The fourth-order valence-electron chi connectivity index (χ4n) is 3.05. The maximum Gasteiger partial charge on any atom is 0.420 e. The maximum atomic E-state index is 12.3. The van der Waals surface area contributed by atoms with Crippen LogP contribution >= 0.6 is 11.6 Å². The molecule has 0 spiro atoms. The standard InChI is InChI=1S/C19H13ClN4O6/c20-11-2-4-13-12(6-11)24(19(26)29-13)8-16-22-18(30-23-16)17(25)21-7-10-1-3-14-15(5-10)28-9-27-14/h1-6H,7-9H2,(H,21,25). The highest BCUT2D eigenvalue weighted by Crippen LogP contribution is 2.32. The van der Waals surface area contributed by atoms with Gasteiger partial charge in [-0.15, -0.1) is 0 Å². The highest BCUT2D eigenvalue weighted by molar-refractivity contribution is 6.31. The number of hydrogen-bond acceptors (Lipinski definition) is 8. The zero-order valence-electron chi connectivity index (χ0n) is 15.3. The van der Waals surface area contributed by atoms with Gasteiger partial charge >= 0.3 is 17.6 Å². The molecule has 1 aliphatic rings. The van der Waals surface area contributed by atoms with Crippen LogP contribution in [0.3, 0.4) is 0 Å². The Balaban J connectivity index is 1.28. The number of nitrogens with one attached hydrogen (secondary N) is 1. The van der Waals surface area contributed by atoms with Crippen molar-refractivity contribution in [3.8, 4) is 11.5 Å². The summed E-state index contributed by atoms with van der Waals surface area (Å²) in [5.41, 5.74) is 1.70. The fraction of sp³-hybridized carbons (Fsp3) is 0.158. The summed E-state index contributed by atoms with van der Waals surface area (Å²) in [4.78, 5) is 28.5. The Labute approximate surface area is 172 Å². The van der Waals surface area contributed by atoms with Gasteiger partial charge < -0.3 is 23.7 Å². The number of amides is 1. The molecule has 3 heterocycles. The van der Waals surface area contributed by atoms with Gasteiger partial charge in [0.05, 0.1) is 12.1 Å². The molecule has 10 nitrogen and oxygen atoms in total. The highest BCUT2D eigenvalue weighted by Gasteiger charge is 2.18. The summed E-state index contributed by atoms with van der Waals surface area (Å²) in [5.74, 6) is 0.0806. The molecule has 0 unspecified atom stereocenters. The minimum atomic E-state index is -0.592. The third kappa shape index (κ3) is 3.37. The molecule has 2 aromatic heterocycles. The number of carbonyl (C=O) groups is 1. The summed E-state index contributed by atoms with van der Waals surface area (Å²) >= 11 is 5.99. The molecule has 2 aromatic carbocycles. The Hall–Kier alpha value is -3.79. The number of fused-ring (bicyclic) bond motifs is 2. The SMILES string of the molecule is O=C(NCc1ccc2c(c1)OCO2)c1nc(Cn2c(=O)oc3ccc(Cl)cc32)no1. The summed E-state index contributed by atoms with van der Waals surface area (Å²) in [6.07, 6.45) is 0. The predicted octanol–water partition coefficient (Wildman–Crippen LogP) is 2.34. The van der Waals surface area contributed by atoms with E-state index < -0.39 is 11.7 Å².